The quantitative estimate of drug-likeness (QED) is 0.0802. The normalized spacial score (nSPS) is 19.8. The number of likely N-dealkylation sites (N-methyl/N-ethyl adjacent to an activating group) is 2. The Morgan fingerprint density at radius 1 is 0.913 bits per heavy atom. The molecule has 0 aliphatic carbocycles. The number of ketones is 1. The van der Waals surface area contributed by atoms with Crippen molar-refractivity contribution in [2.24, 2.45) is 11.5 Å². The number of fused-ring (bicyclic) bond motifs is 5. The predicted molar refractivity (Wildman–Crippen MR) is 264 cm³/mol. The van der Waals surface area contributed by atoms with Crippen LogP contribution in [0.3, 0.4) is 0 Å². The number of phenolic OH excluding ortho intramolecular Hbond substituents is 1. The first-order chi connectivity index (χ1) is 32.9. The molecular weight excluding hydrogens is 902 g/mol. The van der Waals surface area contributed by atoms with Crippen molar-refractivity contribution in [2.75, 3.05) is 60.0 Å². The van der Waals surface area contributed by atoms with E-state index in [1.807, 2.05) is 12.1 Å². The summed E-state index contributed by atoms with van der Waals surface area (Å²) in [7, 11) is 3.50. The molecule has 1 saturated heterocycles. The lowest BCUT2D eigenvalue weighted by Crippen LogP contribution is -2.64. The Morgan fingerprint density at radius 3 is 2.23 bits per heavy atom. The van der Waals surface area contributed by atoms with Gasteiger partial charge < -0.3 is 52.4 Å². The van der Waals surface area contributed by atoms with E-state index < -0.39 is 59.4 Å². The summed E-state index contributed by atoms with van der Waals surface area (Å²) in [4.78, 5) is 89.3. The van der Waals surface area contributed by atoms with Crippen LogP contribution in [0.5, 0.6) is 11.5 Å². The number of hydrogen-bond acceptors (Lipinski definition) is 12. The number of unbranched alkanes of at least 4 members (excludes halogenated alkanes) is 1. The van der Waals surface area contributed by atoms with E-state index in [0.717, 1.165) is 37.3 Å². The molecule has 5 amide bonds. The minimum Gasteiger partial charge on any atom is -0.507 e. The number of hydrogen-bond donors (Lipinski definition) is 7. The van der Waals surface area contributed by atoms with Crippen molar-refractivity contribution in [3.05, 3.63) is 107 Å². The summed E-state index contributed by atoms with van der Waals surface area (Å²) < 4.78 is 6.46. The van der Waals surface area contributed by atoms with E-state index in [2.05, 4.69) is 38.1 Å². The maximum Gasteiger partial charge on any atom is 0.258 e. The number of carbonyl (C=O) groups is 6. The third kappa shape index (κ3) is 12.8. The molecule has 9 N–H and O–H groups in total. The van der Waals surface area contributed by atoms with E-state index in [-0.39, 0.29) is 42.1 Å². The molecule has 1 fully saturated rings. The fraction of sp³-hybridized carbons (Fsp3) is 0.412. The van der Waals surface area contributed by atoms with Crippen LogP contribution in [-0.4, -0.2) is 139 Å². The third-order valence-corrected chi connectivity index (χ3v) is 13.3. The van der Waals surface area contributed by atoms with Gasteiger partial charge in [0.15, 0.2) is 11.9 Å². The molecule has 17 nitrogen and oxygen atoms in total. The second kappa shape index (κ2) is 23.3. The summed E-state index contributed by atoms with van der Waals surface area (Å²) in [6, 6.07) is 20.5. The van der Waals surface area contributed by atoms with Gasteiger partial charge in [0, 0.05) is 67.9 Å². The first kappa shape index (κ1) is 52.0. The molecule has 2 aliphatic rings. The van der Waals surface area contributed by atoms with Gasteiger partial charge in [-0.1, -0.05) is 48.0 Å². The number of benzene rings is 4. The monoisotopic (exact) mass is 965 g/mol. The first-order valence-corrected chi connectivity index (χ1v) is 23.6. The standard InChI is InChI=1S/C51H64ClN9O8/c1-31(32(2)62)55-47(65)42-29-33-9-19-43(63)39(28-33)40-30-37(16-20-44(40)69-27-26-61-24-22-59(4)23-25-61)51(3,50(68)58-45(54)48(66)57-42)60(5)49(67)41(8-6-7-21-53)56-46(64)36-12-10-34(11-13-36)35-14-17-38(52)18-15-35/h9-20,28,30-31,41-42,45,63H,6-8,21-27,29,53-54H2,1-5H3,(H,55,65)(H,56,64)(H,57,66)(H,58,68)/t31-,41-,42-,45+,51?/m0/s1. The second-order valence-electron chi connectivity index (χ2n) is 18.0. The van der Waals surface area contributed by atoms with Crippen LogP contribution in [0.2, 0.25) is 5.02 Å². The van der Waals surface area contributed by atoms with Crippen LogP contribution in [0, 0.1) is 0 Å². The summed E-state index contributed by atoms with van der Waals surface area (Å²) in [6.07, 6.45) is -0.632. The lowest BCUT2D eigenvalue weighted by atomic mass is 9.85. The van der Waals surface area contributed by atoms with Crippen molar-refractivity contribution in [3.8, 4) is 33.8 Å². The average molecular weight is 967 g/mol. The lowest BCUT2D eigenvalue weighted by molar-refractivity contribution is -0.148. The van der Waals surface area contributed by atoms with Gasteiger partial charge in [0.25, 0.3) is 17.7 Å². The molecule has 4 aromatic rings. The molecule has 4 aromatic carbocycles. The molecule has 0 aromatic heterocycles. The van der Waals surface area contributed by atoms with Crippen molar-refractivity contribution in [2.45, 2.75) is 76.3 Å². The highest BCUT2D eigenvalue weighted by molar-refractivity contribution is 6.30. The van der Waals surface area contributed by atoms with E-state index in [4.69, 9.17) is 27.8 Å². The van der Waals surface area contributed by atoms with Crippen molar-refractivity contribution >= 4 is 46.9 Å². The zero-order chi connectivity index (χ0) is 50.0. The lowest BCUT2D eigenvalue weighted by Gasteiger charge is -2.40. The maximum absolute atomic E-state index is 15.0. The van der Waals surface area contributed by atoms with Gasteiger partial charge in [-0.2, -0.15) is 0 Å². The Balaban J connectivity index is 1.40. The van der Waals surface area contributed by atoms with Gasteiger partial charge in [-0.25, -0.2) is 0 Å². The number of rotatable bonds is 16. The van der Waals surface area contributed by atoms with Gasteiger partial charge in [0.1, 0.15) is 35.7 Å². The highest BCUT2D eigenvalue weighted by Gasteiger charge is 2.45. The number of ether oxygens (including phenoxy) is 1. The number of carbonyl (C=O) groups excluding carboxylic acids is 6. The van der Waals surface area contributed by atoms with Gasteiger partial charge in [-0.15, -0.1) is 0 Å². The molecule has 2 heterocycles. The topological polar surface area (TPSA) is 242 Å². The molecule has 6 rings (SSSR count). The van der Waals surface area contributed by atoms with Crippen LogP contribution in [0.25, 0.3) is 22.3 Å². The molecule has 4 bridgehead atoms. The third-order valence-electron chi connectivity index (χ3n) is 13.1. The van der Waals surface area contributed by atoms with Crippen LogP contribution in [-0.2, 0) is 35.9 Å². The van der Waals surface area contributed by atoms with Crippen molar-refractivity contribution in [3.63, 3.8) is 0 Å². The van der Waals surface area contributed by atoms with Gasteiger partial charge >= 0.3 is 0 Å². The summed E-state index contributed by atoms with van der Waals surface area (Å²) in [5.41, 5.74) is 13.8. The van der Waals surface area contributed by atoms with Crippen LogP contribution in [0.1, 0.15) is 61.5 Å². The number of piperazine rings is 1. The largest absolute Gasteiger partial charge is 0.507 e. The number of halogens is 1. The molecule has 1 unspecified atom stereocenters. The Labute approximate surface area is 408 Å². The highest BCUT2D eigenvalue weighted by Crippen LogP contribution is 2.41. The molecule has 5 atom stereocenters. The molecule has 69 heavy (non-hydrogen) atoms. The highest BCUT2D eigenvalue weighted by atomic mass is 35.5. The number of phenols is 1. The van der Waals surface area contributed by atoms with Crippen molar-refractivity contribution < 1.29 is 38.6 Å². The fourth-order valence-corrected chi connectivity index (χ4v) is 8.43. The fourth-order valence-electron chi connectivity index (χ4n) is 8.30. The molecule has 2 aliphatic heterocycles. The molecule has 0 radical (unpaired) electrons. The summed E-state index contributed by atoms with van der Waals surface area (Å²) in [5, 5.41) is 22.9. The minimum absolute atomic E-state index is 0.0891. The minimum atomic E-state index is -1.95. The van der Waals surface area contributed by atoms with E-state index in [0.29, 0.717) is 53.4 Å². The van der Waals surface area contributed by atoms with Crippen molar-refractivity contribution in [1.82, 2.24) is 36.0 Å². The van der Waals surface area contributed by atoms with Crippen molar-refractivity contribution in [1.29, 1.82) is 0 Å². The van der Waals surface area contributed by atoms with Gasteiger partial charge in [-0.05, 0) is 124 Å². The predicted octanol–water partition coefficient (Wildman–Crippen LogP) is 3.14. The van der Waals surface area contributed by atoms with Crippen LogP contribution < -0.4 is 37.5 Å². The maximum atomic E-state index is 15.0. The van der Waals surface area contributed by atoms with E-state index in [1.54, 1.807) is 66.7 Å². The van der Waals surface area contributed by atoms with Gasteiger partial charge in [0.05, 0.1) is 6.04 Å². The molecule has 368 valence electrons. The average Bonchev–Trinajstić information content (AvgIpc) is 3.33. The SMILES string of the molecule is CC(=O)[C@H](C)NC(=O)[C@@H]1Cc2ccc(O)c(c2)-c2cc(ccc2OCCN2CCN(C)CC2)C(C)(N(C)C(=O)[C@H](CCCCN)NC(=O)c2ccc(-c3ccc(Cl)cc3)cc2)C(=O)N[C@@H](N)C(=O)N1. The number of amides is 5. The Morgan fingerprint density at radius 2 is 1.58 bits per heavy atom. The van der Waals surface area contributed by atoms with Gasteiger partial charge in [0.2, 0.25) is 11.8 Å². The molecular formula is C51H64ClN9O8. The number of nitrogens with two attached hydrogens (primary N) is 2. The Bertz CT molecular complexity index is 2500. The Hall–Kier alpha value is -6.37. The zero-order valence-corrected chi connectivity index (χ0v) is 40.6. The second-order valence-corrected chi connectivity index (χ2v) is 18.4. The van der Waals surface area contributed by atoms with Gasteiger partial charge in [-0.3, -0.25) is 33.7 Å². The summed E-state index contributed by atoms with van der Waals surface area (Å²) >= 11 is 6.08. The molecule has 0 spiro atoms. The smallest absolute Gasteiger partial charge is 0.258 e. The first-order valence-electron chi connectivity index (χ1n) is 23.2. The number of nitrogens with zero attached hydrogens (tertiary/aromatic N) is 3. The molecule has 0 saturated carbocycles. The van der Waals surface area contributed by atoms with E-state index in [9.17, 15) is 29.1 Å². The summed E-state index contributed by atoms with van der Waals surface area (Å²) in [6.45, 7) is 9.15. The number of Topliss-reactive ketones (excluding diaryl/α,β-unsaturated/α-hetero) is 1. The molecule has 18 heteroatoms. The number of nitrogens with one attached hydrogen (secondary N) is 4. The van der Waals surface area contributed by atoms with Crippen LogP contribution in [0.15, 0.2) is 84.9 Å². The van der Waals surface area contributed by atoms with E-state index >= 15 is 4.79 Å². The zero-order valence-electron chi connectivity index (χ0n) is 39.8. The summed E-state index contributed by atoms with van der Waals surface area (Å²) in [5.74, 6) is -3.73. The van der Waals surface area contributed by atoms with Crippen LogP contribution in [0.4, 0.5) is 0 Å². The van der Waals surface area contributed by atoms with Crippen LogP contribution >= 0.6 is 11.6 Å². The van der Waals surface area contributed by atoms with E-state index in [1.165, 1.54) is 38.8 Å². The number of aromatic hydroxyl groups is 1. The Kier molecular flexibility index (Phi) is 17.6.